The first-order chi connectivity index (χ1) is 15.6. The Labute approximate surface area is 173 Å². The first-order valence-corrected chi connectivity index (χ1v) is 10.2. The summed E-state index contributed by atoms with van der Waals surface area (Å²) in [5.74, 6) is -4.34. The van der Waals surface area contributed by atoms with Gasteiger partial charge < -0.3 is 4.90 Å². The molecule has 2 amide bonds. The number of amides is 2. The van der Waals surface area contributed by atoms with Gasteiger partial charge in [0.15, 0.2) is 0 Å². The van der Waals surface area contributed by atoms with Gasteiger partial charge in [-0.25, -0.2) is 9.97 Å². The summed E-state index contributed by atoms with van der Waals surface area (Å²) in [4.78, 5) is 39.2. The molecule has 0 N–H and O–H groups in total. The predicted octanol–water partition coefficient (Wildman–Crippen LogP) is 1.41. The average Bonchev–Trinajstić information content (AvgIpc) is 3.42. The molecule has 2 aliphatic heterocycles. The van der Waals surface area contributed by atoms with Crippen molar-refractivity contribution in [2.75, 3.05) is 44.1 Å². The summed E-state index contributed by atoms with van der Waals surface area (Å²) in [6.07, 6.45) is 5.40. The highest BCUT2D eigenvalue weighted by Crippen LogP contribution is 2.56. The van der Waals surface area contributed by atoms with Crippen LogP contribution in [0.15, 0.2) is 18.4 Å². The minimum Gasteiger partial charge on any atom is -0.338 e. The van der Waals surface area contributed by atoms with Gasteiger partial charge in [0.2, 0.25) is 17.8 Å². The lowest BCUT2D eigenvalue weighted by Crippen LogP contribution is -2.47. The first-order valence-electron chi connectivity index (χ1n) is 12.7. The lowest BCUT2D eigenvalue weighted by Gasteiger charge is -2.34. The van der Waals surface area contributed by atoms with Crippen LogP contribution in [-0.2, 0) is 9.59 Å². The maximum Gasteiger partial charge on any atom is 0.233 e. The highest BCUT2D eigenvalue weighted by Gasteiger charge is 2.60. The van der Waals surface area contributed by atoms with Crippen LogP contribution < -0.4 is 4.90 Å². The number of aromatic nitrogens is 2. The number of hydrogen-bond acceptors (Lipinski definition) is 6. The number of anilines is 1. The Morgan fingerprint density at radius 3 is 2.32 bits per heavy atom. The lowest BCUT2D eigenvalue weighted by atomic mass is 9.81. The molecule has 4 atom stereocenters. The standard InChI is InChI=1S/C21H29N5O2/c27-19-17-15-4-5-16(14-15)18(17)20(28)26(19)9-2-1-8-24-10-12-25(13-11-24)21-22-6-3-7-23-21/h3,6-7,15-18H,1-2,4-5,8-14H2/t15-,16+,17-,18+/i3D,8D2,17D,18D. The monoisotopic (exact) mass is 388 g/mol. The van der Waals surface area contributed by atoms with Gasteiger partial charge in [-0.05, 0) is 56.5 Å². The van der Waals surface area contributed by atoms with Crippen molar-refractivity contribution in [2.24, 2.45) is 23.6 Å². The molecule has 2 saturated heterocycles. The third-order valence-electron chi connectivity index (χ3n) is 6.46. The Bertz CT molecular complexity index is 923. The van der Waals surface area contributed by atoms with Gasteiger partial charge in [0.25, 0.3) is 0 Å². The maximum absolute atomic E-state index is 13.0. The number of likely N-dealkylation sites (tertiary alicyclic amines) is 1. The number of carbonyl (C=O) groups excluding carboxylic acids is 2. The number of carbonyl (C=O) groups is 2. The van der Waals surface area contributed by atoms with E-state index in [-0.39, 0.29) is 30.8 Å². The summed E-state index contributed by atoms with van der Waals surface area (Å²) in [5.41, 5.74) is 0. The highest BCUT2D eigenvalue weighted by atomic mass is 16.2. The first kappa shape index (κ1) is 13.2. The van der Waals surface area contributed by atoms with E-state index < -0.39 is 30.1 Å². The van der Waals surface area contributed by atoms with Gasteiger partial charge in [-0.2, -0.15) is 0 Å². The summed E-state index contributed by atoms with van der Waals surface area (Å²) in [6, 6.07) is 0.243. The molecule has 0 unspecified atom stereocenters. The Balaban J connectivity index is 1.16. The van der Waals surface area contributed by atoms with Crippen molar-refractivity contribution in [3.8, 4) is 0 Å². The molecule has 0 radical (unpaired) electrons. The van der Waals surface area contributed by atoms with Gasteiger partial charge in [-0.15, -0.1) is 0 Å². The molecule has 7 nitrogen and oxygen atoms in total. The fourth-order valence-corrected chi connectivity index (χ4v) is 5.07. The van der Waals surface area contributed by atoms with Crippen LogP contribution >= 0.6 is 0 Å². The third kappa shape index (κ3) is 3.09. The van der Waals surface area contributed by atoms with E-state index in [4.69, 9.17) is 6.85 Å². The van der Waals surface area contributed by atoms with E-state index >= 15 is 0 Å². The van der Waals surface area contributed by atoms with E-state index in [1.807, 2.05) is 4.90 Å². The molecule has 1 aromatic heterocycles. The van der Waals surface area contributed by atoms with Gasteiger partial charge >= 0.3 is 0 Å². The summed E-state index contributed by atoms with van der Waals surface area (Å²) in [6.45, 7) is 0.545. The minimum absolute atomic E-state index is 0.0607. The molecule has 7 heteroatoms. The van der Waals surface area contributed by atoms with E-state index in [0.29, 0.717) is 45.0 Å². The fourth-order valence-electron chi connectivity index (χ4n) is 5.07. The third-order valence-corrected chi connectivity index (χ3v) is 6.46. The molecule has 0 spiro atoms. The van der Waals surface area contributed by atoms with Crippen molar-refractivity contribution in [3.63, 3.8) is 0 Å². The van der Waals surface area contributed by atoms with Gasteiger partial charge in [0, 0.05) is 50.6 Å². The van der Waals surface area contributed by atoms with Crippen molar-refractivity contribution in [1.29, 1.82) is 0 Å². The number of imide groups is 1. The van der Waals surface area contributed by atoms with Crippen LogP contribution in [0.2, 0.25) is 0 Å². The number of rotatable bonds is 6. The molecule has 5 rings (SSSR count). The van der Waals surface area contributed by atoms with E-state index in [2.05, 4.69) is 9.97 Å². The Morgan fingerprint density at radius 2 is 1.68 bits per heavy atom. The van der Waals surface area contributed by atoms with Crippen molar-refractivity contribution < 1.29 is 16.4 Å². The zero-order valence-electron chi connectivity index (χ0n) is 20.9. The highest BCUT2D eigenvalue weighted by molar-refractivity contribution is 6.06. The second-order valence-electron chi connectivity index (χ2n) is 8.02. The average molecular weight is 389 g/mol. The van der Waals surface area contributed by atoms with Gasteiger partial charge in [-0.3, -0.25) is 19.4 Å². The fraction of sp³-hybridized carbons (Fsp3) is 0.714. The quantitative estimate of drug-likeness (QED) is 0.687. The molecule has 4 fully saturated rings. The molecule has 28 heavy (non-hydrogen) atoms. The summed E-state index contributed by atoms with van der Waals surface area (Å²) >= 11 is 0. The molecule has 2 saturated carbocycles. The normalized spacial score (nSPS) is 40.8. The number of fused-ring (bicyclic) bond motifs is 5. The number of hydrogen-bond donors (Lipinski definition) is 0. The largest absolute Gasteiger partial charge is 0.338 e. The lowest BCUT2D eigenvalue weighted by molar-refractivity contribution is -0.140. The van der Waals surface area contributed by atoms with Gasteiger partial charge in [0.1, 0.15) is 0 Å². The van der Waals surface area contributed by atoms with Crippen molar-refractivity contribution >= 4 is 17.8 Å². The molecule has 3 heterocycles. The van der Waals surface area contributed by atoms with Crippen LogP contribution in [0.5, 0.6) is 0 Å². The summed E-state index contributed by atoms with van der Waals surface area (Å²) < 4.78 is 42.1. The number of nitrogens with zero attached hydrogens (tertiary/aromatic N) is 5. The molecular formula is C21H29N5O2. The van der Waals surface area contributed by atoms with E-state index in [9.17, 15) is 9.59 Å². The zero-order chi connectivity index (χ0) is 23.6. The SMILES string of the molecule is [2H]c1cnc(N2CCN(C([2H])([2H])CCCN3C(=O)[C@@]4([2H])[C@H]5CC[C@H](C5)[C@@]4([2H])C3=O)CC2)nc1. The molecule has 2 bridgehead atoms. The Kier molecular flexibility index (Phi) is 3.51. The van der Waals surface area contributed by atoms with Crippen LogP contribution in [0, 0.1) is 23.6 Å². The van der Waals surface area contributed by atoms with Crippen LogP contribution in [-0.4, -0.2) is 70.8 Å². The van der Waals surface area contributed by atoms with E-state index in [1.54, 1.807) is 4.90 Å². The zero-order valence-corrected chi connectivity index (χ0v) is 15.9. The van der Waals surface area contributed by atoms with Crippen molar-refractivity contribution in [1.82, 2.24) is 19.8 Å². The van der Waals surface area contributed by atoms with Crippen molar-refractivity contribution in [2.45, 2.75) is 32.1 Å². The van der Waals surface area contributed by atoms with E-state index in [1.165, 1.54) is 12.4 Å². The minimum atomic E-state index is -1.66. The Hall–Kier alpha value is -2.02. The van der Waals surface area contributed by atoms with Crippen LogP contribution in [0.1, 0.15) is 39.0 Å². The van der Waals surface area contributed by atoms with Crippen LogP contribution in [0.4, 0.5) is 5.95 Å². The van der Waals surface area contributed by atoms with Gasteiger partial charge in [-0.1, -0.05) is 0 Å². The van der Waals surface area contributed by atoms with Crippen molar-refractivity contribution in [3.05, 3.63) is 18.4 Å². The topological polar surface area (TPSA) is 69.6 Å². The van der Waals surface area contributed by atoms with Gasteiger partial charge in [0.05, 0.1) is 13.2 Å². The second-order valence-corrected chi connectivity index (χ2v) is 8.02. The van der Waals surface area contributed by atoms with Crippen LogP contribution in [0.3, 0.4) is 0 Å². The number of piperazine rings is 1. The second kappa shape index (κ2) is 7.43. The van der Waals surface area contributed by atoms with Crippen LogP contribution in [0.25, 0.3) is 0 Å². The molecular weight excluding hydrogens is 354 g/mol. The summed E-state index contributed by atoms with van der Waals surface area (Å²) in [7, 11) is 0. The smallest absolute Gasteiger partial charge is 0.233 e. The Morgan fingerprint density at radius 1 is 1.04 bits per heavy atom. The molecule has 2 aliphatic carbocycles. The molecule has 4 aliphatic rings. The molecule has 0 aromatic carbocycles. The molecule has 1 aromatic rings. The van der Waals surface area contributed by atoms with E-state index in [0.717, 1.165) is 17.7 Å². The summed E-state index contributed by atoms with van der Waals surface area (Å²) in [5, 5.41) is 0. The molecule has 150 valence electrons. The maximum atomic E-state index is 13.0. The predicted molar refractivity (Wildman–Crippen MR) is 104 cm³/mol.